The maximum Gasteiger partial charge on any atom is 0.0866 e. The lowest BCUT2D eigenvalue weighted by molar-refractivity contribution is 1.11. The van der Waals surface area contributed by atoms with Crippen LogP contribution in [-0.2, 0) is 0 Å². The molecule has 0 aliphatic carbocycles. The average Bonchev–Trinajstić information content (AvgIpc) is 2.82. The number of H-pyrrole nitrogens is 1. The highest BCUT2D eigenvalue weighted by Crippen LogP contribution is 2.23. The van der Waals surface area contributed by atoms with E-state index >= 15 is 0 Å². The molecule has 2 aromatic heterocycles. The smallest absolute Gasteiger partial charge is 0.0866 e. The van der Waals surface area contributed by atoms with E-state index < -0.39 is 0 Å². The van der Waals surface area contributed by atoms with Gasteiger partial charge in [-0.15, -0.1) is 0 Å². The van der Waals surface area contributed by atoms with Crippen LogP contribution in [0.15, 0.2) is 48.7 Å². The Labute approximate surface area is 106 Å². The number of aromatic amines is 1. The molecular weight excluding hydrogens is 222 g/mol. The molecule has 90 valence electrons. The lowest BCUT2D eigenvalue weighted by Crippen LogP contribution is -2.08. The predicted molar refractivity (Wildman–Crippen MR) is 75.9 cm³/mol. The molecule has 2 heterocycles. The van der Waals surface area contributed by atoms with Crippen LogP contribution in [0.2, 0.25) is 0 Å². The Bertz CT molecular complexity index is 633. The molecule has 0 fully saturated rings. The largest absolute Gasteiger partial charge is 0.376 e. The van der Waals surface area contributed by atoms with Crippen molar-refractivity contribution in [2.45, 2.75) is 0 Å². The van der Waals surface area contributed by atoms with Crippen molar-refractivity contribution >= 4 is 16.6 Å². The second-order valence-electron chi connectivity index (χ2n) is 4.57. The average molecular weight is 237 g/mol. The Morgan fingerprint density at radius 2 is 1.89 bits per heavy atom. The number of para-hydroxylation sites is 1. The minimum absolute atomic E-state index is 0.969. The van der Waals surface area contributed by atoms with Crippen molar-refractivity contribution in [3.05, 3.63) is 48.7 Å². The van der Waals surface area contributed by atoms with Crippen molar-refractivity contribution in [3.63, 3.8) is 0 Å². The summed E-state index contributed by atoms with van der Waals surface area (Å²) in [7, 11) is 4.03. The molecule has 1 aromatic carbocycles. The number of aromatic nitrogens is 2. The number of hydrogen-bond acceptors (Lipinski definition) is 2. The van der Waals surface area contributed by atoms with E-state index in [0.717, 1.165) is 22.6 Å². The summed E-state index contributed by atoms with van der Waals surface area (Å²) in [6.07, 6.45) is 1.89. The van der Waals surface area contributed by atoms with E-state index in [2.05, 4.69) is 34.2 Å². The monoisotopic (exact) mass is 237 g/mol. The SMILES string of the molecule is CN(C)c1ccc(-c2cc3ccccc3[nH]2)nc1. The lowest BCUT2D eigenvalue weighted by atomic mass is 10.2. The highest BCUT2D eigenvalue weighted by molar-refractivity contribution is 5.85. The number of hydrogen-bond donors (Lipinski definition) is 1. The van der Waals surface area contributed by atoms with Gasteiger partial charge in [-0.2, -0.15) is 0 Å². The van der Waals surface area contributed by atoms with E-state index in [0.29, 0.717) is 0 Å². The van der Waals surface area contributed by atoms with E-state index in [1.807, 2.05) is 43.4 Å². The minimum atomic E-state index is 0.969. The van der Waals surface area contributed by atoms with Gasteiger partial charge in [-0.05, 0) is 24.3 Å². The highest BCUT2D eigenvalue weighted by atomic mass is 15.1. The Morgan fingerprint density at radius 3 is 2.56 bits per heavy atom. The van der Waals surface area contributed by atoms with Crippen molar-refractivity contribution in [2.24, 2.45) is 0 Å². The van der Waals surface area contributed by atoms with Crippen molar-refractivity contribution < 1.29 is 0 Å². The molecule has 0 bridgehead atoms. The van der Waals surface area contributed by atoms with Crippen LogP contribution in [0.25, 0.3) is 22.3 Å². The lowest BCUT2D eigenvalue weighted by Gasteiger charge is -2.11. The first-order valence-electron chi connectivity index (χ1n) is 5.95. The summed E-state index contributed by atoms with van der Waals surface area (Å²) in [6.45, 7) is 0. The molecule has 0 atom stereocenters. The summed E-state index contributed by atoms with van der Waals surface area (Å²) in [5, 5.41) is 1.21. The predicted octanol–water partition coefficient (Wildman–Crippen LogP) is 3.30. The fourth-order valence-corrected chi connectivity index (χ4v) is 2.02. The first-order chi connectivity index (χ1) is 8.74. The van der Waals surface area contributed by atoms with E-state index in [9.17, 15) is 0 Å². The number of nitrogens with one attached hydrogen (secondary N) is 1. The summed E-state index contributed by atoms with van der Waals surface area (Å²) in [5.41, 5.74) is 4.28. The second-order valence-corrected chi connectivity index (χ2v) is 4.57. The van der Waals surface area contributed by atoms with Gasteiger partial charge in [0.05, 0.1) is 23.3 Å². The Balaban J connectivity index is 2.03. The third kappa shape index (κ3) is 1.84. The highest BCUT2D eigenvalue weighted by Gasteiger charge is 2.04. The van der Waals surface area contributed by atoms with Gasteiger partial charge >= 0.3 is 0 Å². The molecule has 1 N–H and O–H groups in total. The molecule has 0 aliphatic rings. The van der Waals surface area contributed by atoms with Crippen LogP contribution in [0.3, 0.4) is 0 Å². The van der Waals surface area contributed by atoms with Crippen LogP contribution in [0.5, 0.6) is 0 Å². The first-order valence-corrected chi connectivity index (χ1v) is 5.95. The standard InChI is InChI=1S/C15H15N3/c1-18(2)12-7-8-14(16-10-12)15-9-11-5-3-4-6-13(11)17-15/h3-10,17H,1-2H3. The summed E-state index contributed by atoms with van der Waals surface area (Å²) in [5.74, 6) is 0. The zero-order valence-corrected chi connectivity index (χ0v) is 10.5. The molecule has 3 nitrogen and oxygen atoms in total. The van der Waals surface area contributed by atoms with Gasteiger partial charge in [-0.1, -0.05) is 18.2 Å². The molecule has 3 heteroatoms. The van der Waals surface area contributed by atoms with Gasteiger partial charge in [-0.3, -0.25) is 4.98 Å². The number of benzene rings is 1. The minimum Gasteiger partial charge on any atom is -0.376 e. The maximum atomic E-state index is 4.49. The summed E-state index contributed by atoms with van der Waals surface area (Å²) in [6, 6.07) is 14.5. The van der Waals surface area contributed by atoms with Crippen molar-refractivity contribution in [1.29, 1.82) is 0 Å². The van der Waals surface area contributed by atoms with Crippen LogP contribution in [-0.4, -0.2) is 24.1 Å². The summed E-state index contributed by atoms with van der Waals surface area (Å²) in [4.78, 5) is 9.92. The maximum absolute atomic E-state index is 4.49. The fourth-order valence-electron chi connectivity index (χ4n) is 2.02. The van der Waals surface area contributed by atoms with E-state index in [4.69, 9.17) is 0 Å². The van der Waals surface area contributed by atoms with Crippen LogP contribution >= 0.6 is 0 Å². The summed E-state index contributed by atoms with van der Waals surface area (Å²) < 4.78 is 0. The van der Waals surface area contributed by atoms with Crippen LogP contribution < -0.4 is 4.90 Å². The number of anilines is 1. The van der Waals surface area contributed by atoms with E-state index in [-0.39, 0.29) is 0 Å². The molecule has 18 heavy (non-hydrogen) atoms. The second kappa shape index (κ2) is 4.18. The molecule has 0 aliphatic heterocycles. The van der Waals surface area contributed by atoms with Gasteiger partial charge in [-0.25, -0.2) is 0 Å². The molecule has 0 saturated carbocycles. The zero-order valence-electron chi connectivity index (χ0n) is 10.5. The van der Waals surface area contributed by atoms with Gasteiger partial charge in [0.1, 0.15) is 0 Å². The normalized spacial score (nSPS) is 10.8. The van der Waals surface area contributed by atoms with E-state index in [1.54, 1.807) is 0 Å². The molecule has 3 rings (SSSR count). The van der Waals surface area contributed by atoms with Crippen molar-refractivity contribution in [3.8, 4) is 11.4 Å². The molecular formula is C15H15N3. The quantitative estimate of drug-likeness (QED) is 0.741. The first kappa shape index (κ1) is 10.8. The van der Waals surface area contributed by atoms with Crippen LogP contribution in [0, 0.1) is 0 Å². The third-order valence-corrected chi connectivity index (χ3v) is 3.07. The van der Waals surface area contributed by atoms with Gasteiger partial charge in [0.15, 0.2) is 0 Å². The van der Waals surface area contributed by atoms with Crippen molar-refractivity contribution in [2.75, 3.05) is 19.0 Å². The van der Waals surface area contributed by atoms with Crippen molar-refractivity contribution in [1.82, 2.24) is 9.97 Å². The molecule has 0 spiro atoms. The Morgan fingerprint density at radius 1 is 1.06 bits per heavy atom. The van der Waals surface area contributed by atoms with Crippen LogP contribution in [0.1, 0.15) is 0 Å². The topological polar surface area (TPSA) is 31.9 Å². The molecule has 0 radical (unpaired) electrons. The Hall–Kier alpha value is -2.29. The van der Waals surface area contributed by atoms with Crippen LogP contribution in [0.4, 0.5) is 5.69 Å². The summed E-state index contributed by atoms with van der Waals surface area (Å²) >= 11 is 0. The molecule has 0 unspecified atom stereocenters. The van der Waals surface area contributed by atoms with Gasteiger partial charge in [0.25, 0.3) is 0 Å². The number of nitrogens with zero attached hydrogens (tertiary/aromatic N) is 2. The zero-order chi connectivity index (χ0) is 12.5. The number of rotatable bonds is 2. The fraction of sp³-hybridized carbons (Fsp3) is 0.133. The molecule has 0 saturated heterocycles. The van der Waals surface area contributed by atoms with Gasteiger partial charge in [0.2, 0.25) is 0 Å². The van der Waals surface area contributed by atoms with E-state index in [1.165, 1.54) is 5.39 Å². The molecule has 3 aromatic rings. The number of fused-ring (bicyclic) bond motifs is 1. The third-order valence-electron chi connectivity index (χ3n) is 3.07. The molecule has 0 amide bonds. The number of pyridine rings is 1. The van der Waals surface area contributed by atoms with Gasteiger partial charge < -0.3 is 9.88 Å². The Kier molecular flexibility index (Phi) is 2.52. The van der Waals surface area contributed by atoms with Gasteiger partial charge in [0, 0.05) is 25.0 Å².